The second-order valence-electron chi connectivity index (χ2n) is 7.13. The van der Waals surface area contributed by atoms with Crippen molar-refractivity contribution in [3.05, 3.63) is 11.6 Å². The molecule has 2 N–H and O–H groups in total. The minimum atomic E-state index is -0.981. The predicted molar refractivity (Wildman–Crippen MR) is 69.2 cm³/mol. The molecule has 1 saturated heterocycles. The molecule has 4 atom stereocenters. The molecule has 0 amide bonds. The molecule has 2 fully saturated rings. The van der Waals surface area contributed by atoms with Crippen molar-refractivity contribution in [2.24, 2.45) is 5.92 Å². The first-order chi connectivity index (χ1) is 8.15. The lowest BCUT2D eigenvalue weighted by molar-refractivity contribution is -0.190. The lowest BCUT2D eigenvalue weighted by atomic mass is 9.75. The summed E-state index contributed by atoms with van der Waals surface area (Å²) in [5.74, 6) is 0.354. The smallest absolute Gasteiger partial charge is 0.117 e. The van der Waals surface area contributed by atoms with Gasteiger partial charge in [-0.1, -0.05) is 13.8 Å². The number of hydrogen-bond donors (Lipinski definition) is 2. The maximum atomic E-state index is 11.0. The Morgan fingerprint density at radius 2 is 1.78 bits per heavy atom. The molecule has 1 saturated carbocycles. The van der Waals surface area contributed by atoms with Crippen molar-refractivity contribution >= 4 is 0 Å². The quantitative estimate of drug-likeness (QED) is 0.703. The summed E-state index contributed by atoms with van der Waals surface area (Å²) < 4.78 is 6.31. The third-order valence-electron chi connectivity index (χ3n) is 5.65. The fourth-order valence-electron chi connectivity index (χ4n) is 4.13. The molecule has 18 heavy (non-hydrogen) atoms. The van der Waals surface area contributed by atoms with Crippen molar-refractivity contribution in [1.29, 1.82) is 0 Å². The topological polar surface area (TPSA) is 49.7 Å². The summed E-state index contributed by atoms with van der Waals surface area (Å²) in [5.41, 5.74) is -1.91. The number of rotatable bonds is 1. The zero-order valence-electron chi connectivity index (χ0n) is 11.8. The summed E-state index contributed by atoms with van der Waals surface area (Å²) in [6.45, 7) is 8.12. The molecule has 0 aromatic heterocycles. The van der Waals surface area contributed by atoms with E-state index in [1.54, 1.807) is 0 Å². The first-order valence-electron chi connectivity index (χ1n) is 7.04. The van der Waals surface area contributed by atoms with Crippen LogP contribution in [0.2, 0.25) is 0 Å². The molecule has 3 nitrogen and oxygen atoms in total. The maximum absolute atomic E-state index is 11.0. The first kappa shape index (κ1) is 12.6. The molecule has 3 rings (SSSR count). The van der Waals surface area contributed by atoms with E-state index in [1.165, 1.54) is 0 Å². The highest BCUT2D eigenvalue weighted by Gasteiger charge is 2.67. The Morgan fingerprint density at radius 3 is 2.39 bits per heavy atom. The van der Waals surface area contributed by atoms with Crippen molar-refractivity contribution in [2.45, 2.75) is 75.8 Å². The van der Waals surface area contributed by atoms with Crippen LogP contribution in [0.15, 0.2) is 11.6 Å². The number of hydrogen-bond acceptors (Lipinski definition) is 3. The second kappa shape index (κ2) is 3.20. The van der Waals surface area contributed by atoms with Gasteiger partial charge in [-0.2, -0.15) is 0 Å². The Hall–Kier alpha value is -0.380. The van der Waals surface area contributed by atoms with E-state index in [4.69, 9.17) is 4.74 Å². The van der Waals surface area contributed by atoms with Crippen molar-refractivity contribution in [3.8, 4) is 0 Å². The molecule has 1 aliphatic carbocycles. The van der Waals surface area contributed by atoms with Crippen molar-refractivity contribution < 1.29 is 14.9 Å². The van der Waals surface area contributed by atoms with Gasteiger partial charge in [-0.25, -0.2) is 0 Å². The van der Waals surface area contributed by atoms with Crippen LogP contribution in [0.1, 0.15) is 53.4 Å². The zero-order chi connectivity index (χ0) is 13.4. The lowest BCUT2D eigenvalue weighted by Gasteiger charge is -2.49. The molecule has 2 aliphatic heterocycles. The number of ether oxygens (including phenoxy) is 1. The van der Waals surface area contributed by atoms with Crippen LogP contribution in [0.3, 0.4) is 0 Å². The Labute approximate surface area is 109 Å². The van der Waals surface area contributed by atoms with Crippen molar-refractivity contribution in [3.63, 3.8) is 0 Å². The standard InChI is InChI=1S/C15H24O3/c1-10(2)14-7-6-13(4,18-14)15(17)8-5-12(3,16)11(15)9-14/h9-10,16-17H,5-8H2,1-4H3/t12-,13+,14-,15+/m0/s1. The molecule has 102 valence electrons. The van der Waals surface area contributed by atoms with E-state index in [0.29, 0.717) is 18.8 Å². The van der Waals surface area contributed by atoms with Gasteiger partial charge in [0.05, 0.1) is 16.8 Å². The molecule has 0 radical (unpaired) electrons. The summed E-state index contributed by atoms with van der Waals surface area (Å²) in [7, 11) is 0. The monoisotopic (exact) mass is 252 g/mol. The van der Waals surface area contributed by atoms with E-state index in [-0.39, 0.29) is 5.60 Å². The molecule has 0 aromatic carbocycles. The van der Waals surface area contributed by atoms with Crippen LogP contribution in [0, 0.1) is 5.92 Å². The van der Waals surface area contributed by atoms with Crippen LogP contribution in [0.25, 0.3) is 0 Å². The largest absolute Gasteiger partial charge is 0.386 e. The number of aliphatic hydroxyl groups is 2. The van der Waals surface area contributed by atoms with E-state index < -0.39 is 16.8 Å². The van der Waals surface area contributed by atoms with Crippen LogP contribution in [-0.2, 0) is 4.74 Å². The SMILES string of the molecule is CC(C)[C@@]12C=C3[C@@](C)(O)CC[C@]3(O)[C@@](C)(CC1)O2. The average Bonchev–Trinajstić information content (AvgIpc) is 2.70. The Bertz CT molecular complexity index is 425. The zero-order valence-corrected chi connectivity index (χ0v) is 11.8. The molecule has 2 bridgehead atoms. The van der Waals surface area contributed by atoms with Crippen LogP contribution >= 0.6 is 0 Å². The highest BCUT2D eigenvalue weighted by Crippen LogP contribution is 2.61. The summed E-state index contributed by atoms with van der Waals surface area (Å²) >= 11 is 0. The highest BCUT2D eigenvalue weighted by atomic mass is 16.5. The lowest BCUT2D eigenvalue weighted by Crippen LogP contribution is -2.58. The molecule has 0 unspecified atom stereocenters. The summed E-state index contributed by atoms with van der Waals surface area (Å²) in [4.78, 5) is 0. The van der Waals surface area contributed by atoms with Crippen LogP contribution in [-0.4, -0.2) is 32.6 Å². The molecular formula is C15H24O3. The molecule has 0 spiro atoms. The normalized spacial score (nSPS) is 54.7. The molecule has 2 heterocycles. The molecule has 3 aliphatic rings. The average molecular weight is 252 g/mol. The van der Waals surface area contributed by atoms with Gasteiger partial charge in [0.2, 0.25) is 0 Å². The minimum absolute atomic E-state index is 0.301. The summed E-state index contributed by atoms with van der Waals surface area (Å²) in [5, 5.41) is 21.6. The van der Waals surface area contributed by atoms with Gasteiger partial charge >= 0.3 is 0 Å². The van der Waals surface area contributed by atoms with Crippen LogP contribution < -0.4 is 0 Å². The third-order valence-corrected chi connectivity index (χ3v) is 5.65. The Kier molecular flexibility index (Phi) is 2.24. The van der Waals surface area contributed by atoms with Gasteiger partial charge in [0.15, 0.2) is 0 Å². The summed E-state index contributed by atoms with van der Waals surface area (Å²) in [6, 6.07) is 0. The molecular weight excluding hydrogens is 228 g/mol. The molecule has 3 heteroatoms. The van der Waals surface area contributed by atoms with Gasteiger partial charge in [-0.15, -0.1) is 0 Å². The van der Waals surface area contributed by atoms with Gasteiger partial charge in [0.25, 0.3) is 0 Å². The predicted octanol–water partition coefficient (Wildman–Crippen LogP) is 2.17. The second-order valence-corrected chi connectivity index (χ2v) is 7.13. The van der Waals surface area contributed by atoms with Gasteiger partial charge in [0, 0.05) is 0 Å². The summed E-state index contributed by atoms with van der Waals surface area (Å²) in [6.07, 6.45) is 5.04. The van der Waals surface area contributed by atoms with Gasteiger partial charge in [-0.05, 0) is 57.1 Å². The first-order valence-corrected chi connectivity index (χ1v) is 7.04. The van der Waals surface area contributed by atoms with Crippen molar-refractivity contribution in [1.82, 2.24) is 0 Å². The fourth-order valence-corrected chi connectivity index (χ4v) is 4.13. The fraction of sp³-hybridized carbons (Fsp3) is 0.867. The van der Waals surface area contributed by atoms with Crippen molar-refractivity contribution in [2.75, 3.05) is 0 Å². The third kappa shape index (κ3) is 1.25. The van der Waals surface area contributed by atoms with E-state index >= 15 is 0 Å². The maximum Gasteiger partial charge on any atom is 0.117 e. The Morgan fingerprint density at radius 1 is 1.11 bits per heavy atom. The van der Waals surface area contributed by atoms with E-state index in [2.05, 4.69) is 13.8 Å². The van der Waals surface area contributed by atoms with Gasteiger partial charge in [0.1, 0.15) is 5.60 Å². The van der Waals surface area contributed by atoms with Gasteiger partial charge in [-0.3, -0.25) is 0 Å². The highest BCUT2D eigenvalue weighted by molar-refractivity contribution is 5.42. The van der Waals surface area contributed by atoms with Crippen LogP contribution in [0.4, 0.5) is 0 Å². The van der Waals surface area contributed by atoms with E-state index in [1.807, 2.05) is 19.9 Å². The number of fused-ring (bicyclic) bond motifs is 4. The Balaban J connectivity index is 2.19. The van der Waals surface area contributed by atoms with Gasteiger partial charge < -0.3 is 14.9 Å². The van der Waals surface area contributed by atoms with E-state index in [0.717, 1.165) is 18.4 Å². The molecule has 0 aromatic rings. The minimum Gasteiger partial charge on any atom is -0.386 e. The van der Waals surface area contributed by atoms with Crippen LogP contribution in [0.5, 0.6) is 0 Å². The van der Waals surface area contributed by atoms with E-state index in [9.17, 15) is 10.2 Å².